The number of aliphatic imine (C=N–C) groups is 1. The van der Waals surface area contributed by atoms with Crippen molar-refractivity contribution in [3.8, 4) is 17.6 Å². The fraction of sp³-hybridized carbons (Fsp3) is 0.511. The molecule has 2 saturated heterocycles. The molecule has 0 radical (unpaired) electrons. The summed E-state index contributed by atoms with van der Waals surface area (Å²) in [6.07, 6.45) is -3.04. The molecule has 16 nitrogen and oxygen atoms in total. The molecule has 2 amide bonds. The molecule has 334 valence electrons. The summed E-state index contributed by atoms with van der Waals surface area (Å²) in [7, 11) is 3.06. The van der Waals surface area contributed by atoms with Crippen LogP contribution in [0, 0.1) is 17.2 Å². The van der Waals surface area contributed by atoms with E-state index in [1.807, 2.05) is 78.9 Å². The first kappa shape index (κ1) is 46.8. The van der Waals surface area contributed by atoms with Crippen molar-refractivity contribution in [1.82, 2.24) is 25.5 Å². The lowest BCUT2D eigenvalue weighted by molar-refractivity contribution is -0.136. The first-order chi connectivity index (χ1) is 29.9. The van der Waals surface area contributed by atoms with Crippen molar-refractivity contribution < 1.29 is 42.3 Å². The van der Waals surface area contributed by atoms with E-state index in [-0.39, 0.29) is 49.5 Å². The Morgan fingerprint density at radius 1 is 0.919 bits per heavy atom. The van der Waals surface area contributed by atoms with Gasteiger partial charge in [0.2, 0.25) is 5.91 Å². The van der Waals surface area contributed by atoms with E-state index in [0.29, 0.717) is 11.5 Å². The minimum absolute atomic E-state index is 0.0151. The highest BCUT2D eigenvalue weighted by atomic mass is 31.2. The maximum Gasteiger partial charge on any atom is 0.259 e. The molecule has 3 aromatic carbocycles. The van der Waals surface area contributed by atoms with Crippen molar-refractivity contribution in [3.63, 3.8) is 0 Å². The Morgan fingerprint density at radius 2 is 1.52 bits per heavy atom. The Bertz CT molecular complexity index is 1950. The quantitative estimate of drug-likeness (QED) is 0.0766. The number of carbonyl (C=O) groups excluding carboxylic acids is 2. The van der Waals surface area contributed by atoms with Gasteiger partial charge >= 0.3 is 0 Å². The topological polar surface area (TPSA) is 177 Å². The molecular formula is C45H60N7O9P. The van der Waals surface area contributed by atoms with Gasteiger partial charge in [-0.25, -0.2) is 4.67 Å². The fourth-order valence-corrected chi connectivity index (χ4v) is 9.81. The highest BCUT2D eigenvalue weighted by Gasteiger charge is 2.55. The van der Waals surface area contributed by atoms with Crippen LogP contribution in [0.2, 0.25) is 0 Å². The van der Waals surface area contributed by atoms with Crippen molar-refractivity contribution in [1.29, 1.82) is 5.26 Å². The predicted octanol–water partition coefficient (Wildman–Crippen LogP) is 5.23. The molecule has 3 heterocycles. The fourth-order valence-electron chi connectivity index (χ4n) is 8.04. The van der Waals surface area contributed by atoms with E-state index < -0.39 is 57.2 Å². The van der Waals surface area contributed by atoms with Crippen LogP contribution in [0.1, 0.15) is 64.7 Å². The van der Waals surface area contributed by atoms with E-state index >= 15 is 0 Å². The van der Waals surface area contributed by atoms with Crippen LogP contribution in [-0.4, -0.2) is 117 Å². The number of ether oxygens (including phenoxy) is 5. The monoisotopic (exact) mass is 873 g/mol. The number of methoxy groups -OCH3 is 3. The Balaban J connectivity index is 1.43. The molecule has 6 rings (SSSR count). The number of nitriles is 1. The lowest BCUT2D eigenvalue weighted by Gasteiger charge is -2.40. The van der Waals surface area contributed by atoms with E-state index in [1.54, 1.807) is 46.4 Å². The minimum atomic E-state index is -1.78. The summed E-state index contributed by atoms with van der Waals surface area (Å²) in [5.41, 5.74) is 1.34. The first-order valence-corrected chi connectivity index (χ1v) is 22.1. The van der Waals surface area contributed by atoms with Crippen LogP contribution in [0.25, 0.3) is 0 Å². The third-order valence-corrected chi connectivity index (χ3v) is 13.2. The van der Waals surface area contributed by atoms with Crippen molar-refractivity contribution in [3.05, 3.63) is 95.6 Å². The molecule has 3 aromatic rings. The number of hydrogen-bond acceptors (Lipinski definition) is 14. The van der Waals surface area contributed by atoms with Crippen LogP contribution in [0.15, 0.2) is 83.9 Å². The Kier molecular flexibility index (Phi) is 15.9. The second-order valence-electron chi connectivity index (χ2n) is 16.1. The molecule has 0 spiro atoms. The molecule has 3 N–H and O–H groups in total. The number of fused-ring (bicyclic) bond motifs is 1. The summed E-state index contributed by atoms with van der Waals surface area (Å²) < 4.78 is 47.6. The maximum atomic E-state index is 13.4. The smallest absolute Gasteiger partial charge is 0.259 e. The molecule has 17 heteroatoms. The number of benzene rings is 3. The van der Waals surface area contributed by atoms with Gasteiger partial charge in [-0.3, -0.25) is 19.9 Å². The third-order valence-electron chi connectivity index (χ3n) is 11.0. The van der Waals surface area contributed by atoms with Gasteiger partial charge in [-0.05, 0) is 68.7 Å². The molecule has 62 heavy (non-hydrogen) atoms. The molecular weight excluding hydrogens is 814 g/mol. The van der Waals surface area contributed by atoms with Gasteiger partial charge in [-0.1, -0.05) is 68.4 Å². The van der Waals surface area contributed by atoms with E-state index in [1.165, 1.54) is 0 Å². The van der Waals surface area contributed by atoms with E-state index in [0.717, 1.165) is 16.7 Å². The van der Waals surface area contributed by atoms with Gasteiger partial charge < -0.3 is 48.3 Å². The number of nitrogens with zero attached hydrogens (tertiary/aromatic N) is 4. The number of rotatable bonds is 20. The van der Waals surface area contributed by atoms with Crippen LogP contribution >= 0.6 is 8.53 Å². The van der Waals surface area contributed by atoms with Gasteiger partial charge in [-0.15, -0.1) is 0 Å². The SMILES string of the molecule is COc1ccc(C(OC[C@H]2O[C@@H](N3C=NC4C(=O)NC(NC(=O)C(C)C)NC43)[C@H](OC)[C@@H]2OP(OCCC#N)N(C(C)C)C(C)C)(c2ccccc2)c2ccc(OC)cc2)cc1. The summed E-state index contributed by atoms with van der Waals surface area (Å²) in [4.78, 5) is 32.6. The van der Waals surface area contributed by atoms with Crippen LogP contribution in [0.4, 0.5) is 0 Å². The number of carbonyl (C=O) groups is 2. The summed E-state index contributed by atoms with van der Waals surface area (Å²) >= 11 is 0. The predicted molar refractivity (Wildman–Crippen MR) is 234 cm³/mol. The zero-order valence-electron chi connectivity index (χ0n) is 36.9. The minimum Gasteiger partial charge on any atom is -0.497 e. The van der Waals surface area contributed by atoms with Gasteiger partial charge in [0.25, 0.3) is 14.4 Å². The third kappa shape index (κ3) is 10.1. The van der Waals surface area contributed by atoms with Crippen LogP contribution in [-0.2, 0) is 38.4 Å². The van der Waals surface area contributed by atoms with Crippen molar-refractivity contribution >= 4 is 26.7 Å². The van der Waals surface area contributed by atoms with Gasteiger partial charge in [0.15, 0.2) is 18.6 Å². The normalized spacial score (nSPS) is 24.0. The molecule has 8 atom stereocenters. The summed E-state index contributed by atoms with van der Waals surface area (Å²) in [6.45, 7) is 12.0. The molecule has 0 saturated carbocycles. The number of hydrogen-bond donors (Lipinski definition) is 3. The standard InChI is InChI=1S/C45H60N7O9P/c1-28(2)41(53)49-44-48-40-37(42(54)50-44)47-27-51(40)43-39(57-9)38(61-62(59-25-13-24-46)52(29(3)4)30(5)6)36(60-43)26-58-45(31-14-11-10-12-15-31,32-16-20-34(55-7)21-17-32)33-18-22-35(56-8)23-19-33/h10-12,14-23,27-30,36-40,43-44,48H,13,25-26H2,1-9H3,(H,49,53)(H,50,54)/t36-,37?,38-,39-,40?,43-,44?,62?/m1/s1. The maximum absolute atomic E-state index is 13.4. The lowest BCUT2D eigenvalue weighted by atomic mass is 9.80. The summed E-state index contributed by atoms with van der Waals surface area (Å²) in [5.74, 6) is 0.485. The van der Waals surface area contributed by atoms with Crippen molar-refractivity contribution in [2.45, 2.75) is 109 Å². The summed E-state index contributed by atoms with van der Waals surface area (Å²) in [5, 5.41) is 18.5. The number of nitrogens with one attached hydrogen (secondary N) is 3. The molecule has 3 aliphatic heterocycles. The average molecular weight is 874 g/mol. The zero-order valence-corrected chi connectivity index (χ0v) is 37.8. The lowest BCUT2D eigenvalue weighted by Crippen LogP contribution is -2.72. The average Bonchev–Trinajstić information content (AvgIpc) is 3.85. The highest BCUT2D eigenvalue weighted by Crippen LogP contribution is 2.51. The molecule has 2 fully saturated rings. The van der Waals surface area contributed by atoms with Gasteiger partial charge in [0, 0.05) is 25.1 Å². The van der Waals surface area contributed by atoms with Crippen LogP contribution < -0.4 is 25.4 Å². The van der Waals surface area contributed by atoms with E-state index in [9.17, 15) is 14.9 Å². The highest BCUT2D eigenvalue weighted by molar-refractivity contribution is 7.44. The Labute approximate surface area is 366 Å². The second kappa shape index (κ2) is 21.1. The van der Waals surface area contributed by atoms with Crippen LogP contribution in [0.5, 0.6) is 11.5 Å². The first-order valence-electron chi connectivity index (χ1n) is 21.0. The Morgan fingerprint density at radius 3 is 2.05 bits per heavy atom. The van der Waals surface area contributed by atoms with Crippen molar-refractivity contribution in [2.24, 2.45) is 10.9 Å². The molecule has 0 aliphatic carbocycles. The van der Waals surface area contributed by atoms with Gasteiger partial charge in [0.1, 0.15) is 41.6 Å². The van der Waals surface area contributed by atoms with Gasteiger partial charge in [-0.2, -0.15) is 5.26 Å². The van der Waals surface area contributed by atoms with E-state index in [4.69, 9.17) is 32.7 Å². The number of amides is 2. The molecule has 0 bridgehead atoms. The van der Waals surface area contributed by atoms with Crippen LogP contribution in [0.3, 0.4) is 0 Å². The van der Waals surface area contributed by atoms with Gasteiger partial charge in [0.05, 0.1) is 46.3 Å². The molecule has 4 unspecified atom stereocenters. The summed E-state index contributed by atoms with van der Waals surface area (Å²) in [6, 6.07) is 26.9. The second-order valence-corrected chi connectivity index (χ2v) is 17.5. The van der Waals surface area contributed by atoms with Crippen molar-refractivity contribution in [2.75, 3.05) is 34.5 Å². The largest absolute Gasteiger partial charge is 0.497 e. The zero-order chi connectivity index (χ0) is 44.6. The molecule has 0 aromatic heterocycles. The van der Waals surface area contributed by atoms with E-state index in [2.05, 4.69) is 59.4 Å². The molecule has 3 aliphatic rings. The Hall–Kier alpha value is -4.69.